The number of rotatable bonds is 4. The minimum Gasteiger partial charge on any atom is -0.348 e. The number of hydrogen-bond acceptors (Lipinski definition) is 3. The maximum absolute atomic E-state index is 12.6. The molecule has 3 rings (SSSR count). The Labute approximate surface area is 143 Å². The second-order valence-corrected chi connectivity index (χ2v) is 6.21. The number of anilines is 1. The second kappa shape index (κ2) is 7.79. The van der Waals surface area contributed by atoms with Crippen molar-refractivity contribution in [2.45, 2.75) is 31.7 Å². The number of piperidine rings is 1. The highest BCUT2D eigenvalue weighted by molar-refractivity contribution is 6.05. The summed E-state index contributed by atoms with van der Waals surface area (Å²) in [5.41, 5.74) is 1.27. The molecule has 23 heavy (non-hydrogen) atoms. The van der Waals surface area contributed by atoms with E-state index in [-0.39, 0.29) is 36.2 Å². The zero-order valence-electron chi connectivity index (χ0n) is 13.4. The van der Waals surface area contributed by atoms with Gasteiger partial charge < -0.3 is 15.5 Å². The van der Waals surface area contributed by atoms with Gasteiger partial charge in [0, 0.05) is 25.6 Å². The van der Waals surface area contributed by atoms with E-state index in [1.165, 1.54) is 0 Å². The highest BCUT2D eigenvalue weighted by atomic mass is 35.5. The number of nitrogens with zero attached hydrogens (tertiary/aromatic N) is 1. The lowest BCUT2D eigenvalue weighted by Crippen LogP contribution is -2.46. The molecule has 126 valence electrons. The molecule has 5 nitrogen and oxygen atoms in total. The van der Waals surface area contributed by atoms with Crippen LogP contribution in [0.25, 0.3) is 0 Å². The number of benzene rings is 1. The minimum absolute atomic E-state index is 0. The van der Waals surface area contributed by atoms with Crippen LogP contribution in [0, 0.1) is 5.92 Å². The molecule has 2 aliphatic rings. The molecule has 2 fully saturated rings. The summed E-state index contributed by atoms with van der Waals surface area (Å²) >= 11 is 0. The molecule has 0 spiro atoms. The van der Waals surface area contributed by atoms with E-state index in [1.54, 1.807) is 18.0 Å². The largest absolute Gasteiger partial charge is 0.348 e. The quantitative estimate of drug-likeness (QED) is 0.883. The first kappa shape index (κ1) is 17.8. The van der Waals surface area contributed by atoms with Crippen molar-refractivity contribution < 1.29 is 9.59 Å². The van der Waals surface area contributed by atoms with E-state index in [0.717, 1.165) is 38.8 Å². The molecule has 0 radical (unpaired) electrons. The fourth-order valence-corrected chi connectivity index (χ4v) is 2.92. The van der Waals surface area contributed by atoms with Crippen LogP contribution in [0.3, 0.4) is 0 Å². The van der Waals surface area contributed by atoms with Gasteiger partial charge in [-0.3, -0.25) is 9.59 Å². The van der Waals surface area contributed by atoms with E-state index in [0.29, 0.717) is 11.3 Å². The zero-order valence-corrected chi connectivity index (χ0v) is 14.2. The predicted octanol–water partition coefficient (Wildman–Crippen LogP) is 1.96. The first-order valence-corrected chi connectivity index (χ1v) is 8.05. The van der Waals surface area contributed by atoms with Gasteiger partial charge in [0.05, 0.1) is 11.3 Å². The molecule has 1 aliphatic heterocycles. The Morgan fingerprint density at radius 3 is 2.61 bits per heavy atom. The number of carbonyl (C=O) groups is 2. The molecule has 1 unspecified atom stereocenters. The molecule has 1 aromatic rings. The summed E-state index contributed by atoms with van der Waals surface area (Å²) < 4.78 is 0. The van der Waals surface area contributed by atoms with Crippen molar-refractivity contribution in [2.75, 3.05) is 25.0 Å². The van der Waals surface area contributed by atoms with Crippen molar-refractivity contribution in [3.63, 3.8) is 0 Å². The van der Waals surface area contributed by atoms with Gasteiger partial charge in [-0.25, -0.2) is 0 Å². The van der Waals surface area contributed by atoms with Crippen LogP contribution < -0.4 is 15.5 Å². The highest BCUT2D eigenvalue weighted by Gasteiger charge is 2.33. The maximum Gasteiger partial charge on any atom is 0.253 e. The van der Waals surface area contributed by atoms with Crippen LogP contribution in [0.4, 0.5) is 5.69 Å². The van der Waals surface area contributed by atoms with Crippen molar-refractivity contribution >= 4 is 29.9 Å². The Balaban J connectivity index is 0.00000192. The van der Waals surface area contributed by atoms with Crippen LogP contribution in [0.5, 0.6) is 0 Å². The third-order valence-electron chi connectivity index (χ3n) is 4.40. The van der Waals surface area contributed by atoms with Crippen molar-refractivity contribution in [3.05, 3.63) is 29.8 Å². The number of carbonyl (C=O) groups excluding carboxylic acids is 2. The summed E-state index contributed by atoms with van der Waals surface area (Å²) in [4.78, 5) is 26.5. The summed E-state index contributed by atoms with van der Waals surface area (Å²) in [6.45, 7) is 1.83. The van der Waals surface area contributed by atoms with E-state index in [4.69, 9.17) is 0 Å². The molecule has 1 aromatic carbocycles. The standard InChI is InChI=1S/C17H23N3O2.ClH/c1-20(17(22)12-8-9-12)15-7-3-2-6-14(15)16(21)19-13-5-4-10-18-11-13;/h2-3,6-7,12-13,18H,4-5,8-11H2,1H3,(H,19,21);1H. The van der Waals surface area contributed by atoms with Gasteiger partial charge in [0.25, 0.3) is 5.91 Å². The molecule has 6 heteroatoms. The van der Waals surface area contributed by atoms with Gasteiger partial charge in [0.2, 0.25) is 5.91 Å². The van der Waals surface area contributed by atoms with Gasteiger partial charge in [0.1, 0.15) is 0 Å². The fourth-order valence-electron chi connectivity index (χ4n) is 2.92. The Kier molecular flexibility index (Phi) is 6.02. The third kappa shape index (κ3) is 4.24. The van der Waals surface area contributed by atoms with E-state index < -0.39 is 0 Å². The summed E-state index contributed by atoms with van der Waals surface area (Å²) in [7, 11) is 1.76. The molecule has 0 bridgehead atoms. The van der Waals surface area contributed by atoms with Crippen LogP contribution in [0.2, 0.25) is 0 Å². The monoisotopic (exact) mass is 337 g/mol. The third-order valence-corrected chi connectivity index (χ3v) is 4.40. The van der Waals surface area contributed by atoms with E-state index in [9.17, 15) is 9.59 Å². The highest BCUT2D eigenvalue weighted by Crippen LogP contribution is 2.33. The van der Waals surface area contributed by atoms with Gasteiger partial charge >= 0.3 is 0 Å². The van der Waals surface area contributed by atoms with E-state index in [2.05, 4.69) is 10.6 Å². The molecular weight excluding hydrogens is 314 g/mol. The first-order valence-electron chi connectivity index (χ1n) is 8.05. The number of amides is 2. The van der Waals surface area contributed by atoms with Gasteiger partial charge in [-0.1, -0.05) is 12.1 Å². The minimum atomic E-state index is -0.0975. The van der Waals surface area contributed by atoms with Gasteiger partial charge in [-0.15, -0.1) is 12.4 Å². The summed E-state index contributed by atoms with van der Waals surface area (Å²) in [5.74, 6) is 0.156. The lowest BCUT2D eigenvalue weighted by atomic mass is 10.1. The zero-order chi connectivity index (χ0) is 15.5. The number of nitrogens with one attached hydrogen (secondary N) is 2. The molecule has 0 aromatic heterocycles. The lowest BCUT2D eigenvalue weighted by molar-refractivity contribution is -0.119. The molecule has 1 atom stereocenters. The normalized spacial score (nSPS) is 20.3. The molecule has 1 saturated heterocycles. The van der Waals surface area contributed by atoms with Crippen molar-refractivity contribution in [1.82, 2.24) is 10.6 Å². The molecule has 1 saturated carbocycles. The van der Waals surface area contributed by atoms with E-state index in [1.807, 2.05) is 18.2 Å². The van der Waals surface area contributed by atoms with Crippen LogP contribution in [0.1, 0.15) is 36.0 Å². The average Bonchev–Trinajstić information content (AvgIpc) is 3.39. The predicted molar refractivity (Wildman–Crippen MR) is 93.2 cm³/mol. The molecule has 1 heterocycles. The smallest absolute Gasteiger partial charge is 0.253 e. The van der Waals surface area contributed by atoms with Gasteiger partial charge in [0.15, 0.2) is 0 Å². The number of hydrogen-bond donors (Lipinski definition) is 2. The van der Waals surface area contributed by atoms with Gasteiger partial charge in [-0.2, -0.15) is 0 Å². The van der Waals surface area contributed by atoms with Crippen LogP contribution in [-0.4, -0.2) is 38.0 Å². The van der Waals surface area contributed by atoms with Crippen molar-refractivity contribution in [2.24, 2.45) is 5.92 Å². The molecule has 2 N–H and O–H groups in total. The average molecular weight is 338 g/mol. The number of para-hydroxylation sites is 1. The van der Waals surface area contributed by atoms with Crippen LogP contribution in [-0.2, 0) is 4.79 Å². The van der Waals surface area contributed by atoms with Crippen molar-refractivity contribution in [1.29, 1.82) is 0 Å². The Morgan fingerprint density at radius 1 is 1.22 bits per heavy atom. The Hall–Kier alpha value is -1.59. The van der Waals surface area contributed by atoms with Crippen LogP contribution >= 0.6 is 12.4 Å². The second-order valence-electron chi connectivity index (χ2n) is 6.21. The first-order chi connectivity index (χ1) is 10.7. The van der Waals surface area contributed by atoms with E-state index >= 15 is 0 Å². The SMILES string of the molecule is CN(C(=O)C1CC1)c1ccccc1C(=O)NC1CCCNC1.Cl. The number of halogens is 1. The van der Waals surface area contributed by atoms with Crippen LogP contribution in [0.15, 0.2) is 24.3 Å². The molecule has 1 aliphatic carbocycles. The summed E-state index contributed by atoms with van der Waals surface area (Å²) in [6.07, 6.45) is 4.00. The molecule has 2 amide bonds. The maximum atomic E-state index is 12.6. The fraction of sp³-hybridized carbons (Fsp3) is 0.529. The topological polar surface area (TPSA) is 61.4 Å². The Morgan fingerprint density at radius 2 is 1.96 bits per heavy atom. The van der Waals surface area contributed by atoms with Crippen molar-refractivity contribution in [3.8, 4) is 0 Å². The van der Waals surface area contributed by atoms with Gasteiger partial charge in [-0.05, 0) is 44.4 Å². The molecular formula is C17H24ClN3O2. The lowest BCUT2D eigenvalue weighted by Gasteiger charge is -2.25. The summed E-state index contributed by atoms with van der Waals surface area (Å²) in [5, 5.41) is 6.37. The summed E-state index contributed by atoms with van der Waals surface area (Å²) in [6, 6.07) is 7.50. The Bertz CT molecular complexity index is 569.